The SMILES string of the molecule is Cc1c(-c2c(-c3cccc4c3CCCC4)ncc3snc(OC(Cc4ccccc4OCc4ccnn4CC(F)(F)F)C(=O)O)c23)ccc(OCCN2CCN(C)CC2)c1Cl. The van der Waals surface area contributed by atoms with E-state index in [2.05, 4.69) is 44.5 Å². The van der Waals surface area contributed by atoms with Crippen LogP contribution in [0.3, 0.4) is 0 Å². The van der Waals surface area contributed by atoms with Crippen LogP contribution in [0.2, 0.25) is 5.02 Å². The van der Waals surface area contributed by atoms with Gasteiger partial charge < -0.3 is 24.2 Å². The first-order valence-corrected chi connectivity index (χ1v) is 21.5. The molecule has 16 heteroatoms. The number of likely N-dealkylation sites (N-methyl/N-ethyl adjacent to an activating group) is 1. The van der Waals surface area contributed by atoms with E-state index in [-0.39, 0.29) is 24.6 Å². The van der Waals surface area contributed by atoms with Crippen molar-refractivity contribution in [1.29, 1.82) is 0 Å². The summed E-state index contributed by atoms with van der Waals surface area (Å²) in [5.74, 6) is -0.220. The number of halogens is 4. The number of nitrogens with zero attached hydrogens (tertiary/aromatic N) is 6. The number of carboxylic acids is 1. The van der Waals surface area contributed by atoms with E-state index in [0.717, 1.165) is 103 Å². The second-order valence-corrected chi connectivity index (χ2v) is 16.7. The van der Waals surface area contributed by atoms with Crippen molar-refractivity contribution < 1.29 is 37.3 Å². The molecule has 61 heavy (non-hydrogen) atoms. The third kappa shape index (κ3) is 9.65. The van der Waals surface area contributed by atoms with Gasteiger partial charge in [-0.3, -0.25) is 14.6 Å². The van der Waals surface area contributed by atoms with Gasteiger partial charge in [0.25, 0.3) is 0 Å². The lowest BCUT2D eigenvalue weighted by molar-refractivity contribution is -0.145. The molecule has 1 fully saturated rings. The summed E-state index contributed by atoms with van der Waals surface area (Å²) in [4.78, 5) is 22.7. The Balaban J connectivity index is 1.13. The predicted octanol–water partition coefficient (Wildman–Crippen LogP) is 8.90. The van der Waals surface area contributed by atoms with Crippen LogP contribution in [0.1, 0.15) is 40.8 Å². The Labute approximate surface area is 360 Å². The number of ether oxygens (including phenoxy) is 3. The summed E-state index contributed by atoms with van der Waals surface area (Å²) < 4.78 is 64.3. The second kappa shape index (κ2) is 18.4. The number of aromatic nitrogens is 4. The van der Waals surface area contributed by atoms with Crippen molar-refractivity contribution in [2.75, 3.05) is 46.4 Å². The maximum Gasteiger partial charge on any atom is 0.408 e. The molecule has 3 aromatic heterocycles. The zero-order valence-electron chi connectivity index (χ0n) is 33.9. The number of carboxylic acid groups (broad SMARTS) is 1. The first kappa shape index (κ1) is 42.5. The van der Waals surface area contributed by atoms with Crippen LogP contribution in [0.25, 0.3) is 32.5 Å². The van der Waals surface area contributed by atoms with E-state index in [1.54, 1.807) is 30.5 Å². The standard InChI is InChI=1S/C45H46ClF3N6O5S/c1-28-32(14-15-36(41(28)46)58-23-22-54-20-18-53(2)19-21-54)39-40-38(25-50-42(39)34-12-7-10-29-8-3-5-11-33(29)34)61-52-43(40)60-37(44(56)57)24-30-9-4-6-13-35(30)59-26-31-16-17-51-55(31)27-45(47,48)49/h4,6-7,9-10,12-17,25,37H,3,5,8,11,18-24,26-27H2,1-2H3,(H,56,57). The summed E-state index contributed by atoms with van der Waals surface area (Å²) in [7, 11) is 2.13. The highest BCUT2D eigenvalue weighted by Gasteiger charge is 2.31. The number of hydrogen-bond donors (Lipinski definition) is 1. The van der Waals surface area contributed by atoms with Gasteiger partial charge in [0.15, 0.2) is 0 Å². The van der Waals surface area contributed by atoms with Gasteiger partial charge in [-0.05, 0) is 97.2 Å². The minimum absolute atomic E-state index is 0.128. The molecule has 6 aromatic rings. The molecule has 1 aliphatic heterocycles. The lowest BCUT2D eigenvalue weighted by atomic mass is 9.84. The number of aryl methyl sites for hydroxylation is 1. The summed E-state index contributed by atoms with van der Waals surface area (Å²) in [6, 6.07) is 18.4. The number of hydrogen-bond acceptors (Lipinski definition) is 10. The third-order valence-corrected chi connectivity index (χ3v) is 12.7. The lowest BCUT2D eigenvalue weighted by Gasteiger charge is -2.32. The summed E-state index contributed by atoms with van der Waals surface area (Å²) >= 11 is 8.30. The van der Waals surface area contributed by atoms with Crippen molar-refractivity contribution in [2.24, 2.45) is 0 Å². The molecule has 0 radical (unpaired) electrons. The molecule has 0 spiro atoms. The van der Waals surface area contributed by atoms with Crippen molar-refractivity contribution in [3.05, 3.63) is 106 Å². The minimum Gasteiger partial charge on any atom is -0.491 e. The average Bonchev–Trinajstić information content (AvgIpc) is 3.87. The average molecular weight is 875 g/mol. The monoisotopic (exact) mass is 874 g/mol. The van der Waals surface area contributed by atoms with Crippen LogP contribution < -0.4 is 14.2 Å². The maximum absolute atomic E-state index is 13.2. The van der Waals surface area contributed by atoms with Crippen LogP contribution in [0, 0.1) is 6.92 Å². The Morgan fingerprint density at radius 3 is 2.57 bits per heavy atom. The smallest absolute Gasteiger partial charge is 0.408 e. The highest BCUT2D eigenvalue weighted by molar-refractivity contribution is 7.13. The van der Waals surface area contributed by atoms with Crippen LogP contribution in [-0.4, -0.2) is 98.7 Å². The third-order valence-electron chi connectivity index (χ3n) is 11.4. The normalized spacial score (nSPS) is 15.4. The zero-order valence-corrected chi connectivity index (χ0v) is 35.5. The zero-order chi connectivity index (χ0) is 42.7. The van der Waals surface area contributed by atoms with Crippen LogP contribution in [0.5, 0.6) is 17.4 Å². The number of aliphatic carboxylic acids is 1. The molecule has 1 saturated heterocycles. The van der Waals surface area contributed by atoms with Gasteiger partial charge in [-0.15, -0.1) is 0 Å². The number of benzene rings is 3. The molecule has 2 aliphatic rings. The summed E-state index contributed by atoms with van der Waals surface area (Å²) in [5, 5.41) is 15.5. The van der Waals surface area contributed by atoms with Crippen LogP contribution in [0.4, 0.5) is 13.2 Å². The molecule has 8 rings (SSSR count). The summed E-state index contributed by atoms with van der Waals surface area (Å²) in [5.41, 5.74) is 7.22. The van der Waals surface area contributed by atoms with E-state index < -0.39 is 24.8 Å². The Bertz CT molecular complexity index is 2520. The molecule has 0 bridgehead atoms. The highest BCUT2D eigenvalue weighted by atomic mass is 35.5. The van der Waals surface area contributed by atoms with Crippen molar-refractivity contribution in [3.8, 4) is 39.8 Å². The van der Waals surface area contributed by atoms with E-state index in [1.807, 2.05) is 19.1 Å². The molecule has 4 heterocycles. The molecule has 1 N–H and O–H groups in total. The molecule has 320 valence electrons. The topological polar surface area (TPSA) is 115 Å². The fraction of sp³-hybridized carbons (Fsp3) is 0.378. The number of rotatable bonds is 15. The Hall–Kier alpha value is -5.22. The van der Waals surface area contributed by atoms with E-state index in [9.17, 15) is 23.1 Å². The van der Waals surface area contributed by atoms with Gasteiger partial charge in [-0.2, -0.15) is 22.6 Å². The quantitative estimate of drug-likeness (QED) is 0.107. The number of piperazine rings is 1. The van der Waals surface area contributed by atoms with Crippen molar-refractivity contribution >= 4 is 39.2 Å². The molecule has 11 nitrogen and oxygen atoms in total. The Morgan fingerprint density at radius 2 is 1.77 bits per heavy atom. The van der Waals surface area contributed by atoms with Gasteiger partial charge in [-0.1, -0.05) is 54.1 Å². The van der Waals surface area contributed by atoms with Crippen LogP contribution in [-0.2, 0) is 37.2 Å². The fourth-order valence-corrected chi connectivity index (χ4v) is 9.05. The van der Waals surface area contributed by atoms with Gasteiger partial charge >= 0.3 is 12.1 Å². The van der Waals surface area contributed by atoms with E-state index in [4.69, 9.17) is 30.8 Å². The maximum atomic E-state index is 13.2. The van der Waals surface area contributed by atoms with Gasteiger partial charge in [-0.25, -0.2) is 4.79 Å². The molecule has 1 unspecified atom stereocenters. The van der Waals surface area contributed by atoms with Gasteiger partial charge in [0.05, 0.1) is 26.5 Å². The number of para-hydroxylation sites is 1. The summed E-state index contributed by atoms with van der Waals surface area (Å²) in [6.07, 6.45) is 1.08. The lowest BCUT2D eigenvalue weighted by Crippen LogP contribution is -2.45. The number of fused-ring (bicyclic) bond motifs is 2. The van der Waals surface area contributed by atoms with Gasteiger partial charge in [0, 0.05) is 62.7 Å². The van der Waals surface area contributed by atoms with E-state index in [1.165, 1.54) is 23.4 Å². The van der Waals surface area contributed by atoms with Crippen molar-refractivity contribution in [1.82, 2.24) is 28.9 Å². The van der Waals surface area contributed by atoms with Crippen molar-refractivity contribution in [2.45, 2.75) is 64.5 Å². The van der Waals surface area contributed by atoms with Gasteiger partial charge in [0.1, 0.15) is 31.3 Å². The van der Waals surface area contributed by atoms with Gasteiger partial charge in [0.2, 0.25) is 12.0 Å². The molecule has 1 aliphatic carbocycles. The first-order chi connectivity index (χ1) is 29.4. The minimum atomic E-state index is -4.46. The molecule has 0 saturated carbocycles. The van der Waals surface area contributed by atoms with Crippen molar-refractivity contribution in [3.63, 3.8) is 0 Å². The number of alkyl halides is 3. The molecular weight excluding hydrogens is 829 g/mol. The summed E-state index contributed by atoms with van der Waals surface area (Å²) in [6.45, 7) is 5.75. The largest absolute Gasteiger partial charge is 0.491 e. The molecule has 1 atom stereocenters. The number of carbonyl (C=O) groups is 1. The molecule has 3 aromatic carbocycles. The Kier molecular flexibility index (Phi) is 12.8. The van der Waals surface area contributed by atoms with Crippen LogP contribution >= 0.6 is 23.1 Å². The fourth-order valence-electron chi connectivity index (χ4n) is 8.13. The van der Waals surface area contributed by atoms with E-state index >= 15 is 0 Å². The number of pyridine rings is 1. The molecule has 0 amide bonds. The molecular formula is C45H46ClF3N6O5S. The highest BCUT2D eigenvalue weighted by Crippen LogP contribution is 2.47. The second-order valence-electron chi connectivity index (χ2n) is 15.5. The first-order valence-electron chi connectivity index (χ1n) is 20.3. The Morgan fingerprint density at radius 1 is 0.967 bits per heavy atom. The van der Waals surface area contributed by atoms with Crippen LogP contribution in [0.15, 0.2) is 73.1 Å². The van der Waals surface area contributed by atoms with E-state index in [0.29, 0.717) is 38.8 Å². The predicted molar refractivity (Wildman–Crippen MR) is 229 cm³/mol.